The van der Waals surface area contributed by atoms with Crippen LogP contribution >= 0.6 is 0 Å². The number of carbonyl (C=O) groups is 2. The number of hydrogen-bond donors (Lipinski definition) is 2. The Hall–Kier alpha value is -3.42. The van der Waals surface area contributed by atoms with Crippen LogP contribution in [-0.4, -0.2) is 26.6 Å². The van der Waals surface area contributed by atoms with E-state index in [1.807, 2.05) is 44.2 Å². The van der Waals surface area contributed by atoms with E-state index in [2.05, 4.69) is 10.3 Å². The fraction of sp³-hybridized carbons (Fsp3) is 0.417. The summed E-state index contributed by atoms with van der Waals surface area (Å²) in [6.07, 6.45) is 5.24. The van der Waals surface area contributed by atoms with Crippen LogP contribution in [0.15, 0.2) is 34.9 Å². The zero-order valence-electron chi connectivity index (χ0n) is 18.5. The molecule has 1 aromatic carbocycles. The van der Waals surface area contributed by atoms with E-state index in [1.54, 1.807) is 4.68 Å². The van der Waals surface area contributed by atoms with Gasteiger partial charge in [0.2, 0.25) is 0 Å². The first kappa shape index (κ1) is 21.8. The van der Waals surface area contributed by atoms with E-state index in [0.29, 0.717) is 17.4 Å². The van der Waals surface area contributed by atoms with Crippen molar-refractivity contribution in [3.05, 3.63) is 52.9 Å². The molecular weight excluding hydrogens is 406 g/mol. The molecule has 32 heavy (non-hydrogen) atoms. The van der Waals surface area contributed by atoms with Crippen LogP contribution in [0.2, 0.25) is 0 Å². The Balaban J connectivity index is 1.42. The summed E-state index contributed by atoms with van der Waals surface area (Å²) in [6, 6.07) is 9.25. The number of anilines is 1. The molecule has 0 spiro atoms. The number of nitrogens with two attached hydrogens (primary N) is 2. The lowest BCUT2D eigenvalue weighted by atomic mass is 9.82. The van der Waals surface area contributed by atoms with E-state index < -0.39 is 5.91 Å². The molecular formula is C24H29N5O3. The fourth-order valence-electron chi connectivity index (χ4n) is 4.08. The van der Waals surface area contributed by atoms with E-state index in [4.69, 9.17) is 16.0 Å². The monoisotopic (exact) mass is 435 g/mol. The van der Waals surface area contributed by atoms with Gasteiger partial charge in [-0.3, -0.25) is 9.59 Å². The Morgan fingerprint density at radius 1 is 1.19 bits per heavy atom. The third-order valence-electron chi connectivity index (χ3n) is 6.01. The Morgan fingerprint density at radius 2 is 1.91 bits per heavy atom. The van der Waals surface area contributed by atoms with Crippen molar-refractivity contribution in [3.8, 4) is 11.3 Å². The number of rotatable bonds is 9. The molecule has 0 radical (unpaired) electrons. The standard InChI is InChI=1S/C24H29N5O3/c1-14(2)29-23(25)21(24(26)31)22(27-29)17-8-6-16(7-9-17)11-19(30)13-20-12-18(28-32-20)10-15-4-3-5-15/h6-9,12,14-15H,3-5,10-11,13,25H2,1-2H3,(H2,26,31). The van der Waals surface area contributed by atoms with Crippen LogP contribution in [0.4, 0.5) is 5.82 Å². The van der Waals surface area contributed by atoms with Crippen molar-refractivity contribution in [2.45, 2.75) is 58.4 Å². The topological polar surface area (TPSA) is 130 Å². The molecule has 8 nitrogen and oxygen atoms in total. The van der Waals surface area contributed by atoms with Gasteiger partial charge in [0, 0.05) is 24.1 Å². The molecule has 0 atom stereocenters. The summed E-state index contributed by atoms with van der Waals surface area (Å²) in [5, 5.41) is 8.59. The second-order valence-electron chi connectivity index (χ2n) is 8.89. The predicted octanol–water partition coefficient (Wildman–Crippen LogP) is 3.50. The van der Waals surface area contributed by atoms with E-state index in [-0.39, 0.29) is 36.0 Å². The summed E-state index contributed by atoms with van der Waals surface area (Å²) in [6.45, 7) is 3.86. The molecule has 1 saturated carbocycles. The van der Waals surface area contributed by atoms with Crippen molar-refractivity contribution < 1.29 is 14.1 Å². The summed E-state index contributed by atoms with van der Waals surface area (Å²) in [5.74, 6) is 1.01. The molecule has 0 bridgehead atoms. The summed E-state index contributed by atoms with van der Waals surface area (Å²) < 4.78 is 6.94. The number of hydrogen-bond acceptors (Lipinski definition) is 6. The number of ketones is 1. The zero-order chi connectivity index (χ0) is 22.8. The van der Waals surface area contributed by atoms with Crippen LogP contribution in [0.5, 0.6) is 0 Å². The van der Waals surface area contributed by atoms with Gasteiger partial charge >= 0.3 is 0 Å². The summed E-state index contributed by atoms with van der Waals surface area (Å²) >= 11 is 0. The molecule has 3 aromatic rings. The lowest BCUT2D eigenvalue weighted by Crippen LogP contribution is -2.15. The zero-order valence-corrected chi connectivity index (χ0v) is 18.5. The average molecular weight is 436 g/mol. The summed E-state index contributed by atoms with van der Waals surface area (Å²) in [7, 11) is 0. The molecule has 1 amide bonds. The first-order chi connectivity index (χ1) is 15.3. The summed E-state index contributed by atoms with van der Waals surface area (Å²) in [5.41, 5.74) is 14.8. The first-order valence-electron chi connectivity index (χ1n) is 11.0. The number of nitrogens with zero attached hydrogens (tertiary/aromatic N) is 3. The SMILES string of the molecule is CC(C)n1nc(-c2ccc(CC(=O)Cc3cc(CC4CCC4)no3)cc2)c(C(N)=O)c1N. The van der Waals surface area contributed by atoms with Crippen LogP contribution in [0, 0.1) is 5.92 Å². The quantitative estimate of drug-likeness (QED) is 0.529. The van der Waals surface area contributed by atoms with E-state index >= 15 is 0 Å². The van der Waals surface area contributed by atoms with E-state index in [9.17, 15) is 9.59 Å². The maximum absolute atomic E-state index is 12.5. The highest BCUT2D eigenvalue weighted by molar-refractivity contribution is 6.03. The molecule has 2 heterocycles. The molecule has 168 valence electrons. The summed E-state index contributed by atoms with van der Waals surface area (Å²) in [4.78, 5) is 24.5. The van der Waals surface area contributed by atoms with Crippen LogP contribution in [0.3, 0.4) is 0 Å². The Labute approximate surface area is 186 Å². The minimum atomic E-state index is -0.618. The molecule has 4 N–H and O–H groups in total. The maximum Gasteiger partial charge on any atom is 0.254 e. The highest BCUT2D eigenvalue weighted by Gasteiger charge is 2.23. The molecule has 1 aliphatic rings. The normalized spacial score (nSPS) is 14.0. The number of carbonyl (C=O) groups excluding carboxylic acids is 2. The molecule has 8 heteroatoms. The third-order valence-corrected chi connectivity index (χ3v) is 6.01. The molecule has 0 aliphatic heterocycles. The van der Waals surface area contributed by atoms with Crippen molar-refractivity contribution >= 4 is 17.5 Å². The number of nitrogen functional groups attached to an aromatic ring is 1. The second kappa shape index (κ2) is 8.98. The van der Waals surface area contributed by atoms with Crippen molar-refractivity contribution in [1.29, 1.82) is 0 Å². The van der Waals surface area contributed by atoms with Crippen LogP contribution in [0.25, 0.3) is 11.3 Å². The number of benzene rings is 1. The fourth-order valence-corrected chi connectivity index (χ4v) is 4.08. The average Bonchev–Trinajstić information content (AvgIpc) is 3.29. The maximum atomic E-state index is 12.5. The van der Waals surface area contributed by atoms with Gasteiger partial charge in [-0.25, -0.2) is 4.68 Å². The third kappa shape index (κ3) is 4.59. The smallest absolute Gasteiger partial charge is 0.254 e. The van der Waals surface area contributed by atoms with Crippen LogP contribution in [-0.2, 0) is 24.1 Å². The minimum Gasteiger partial charge on any atom is -0.383 e. The van der Waals surface area contributed by atoms with Crippen molar-refractivity contribution in [2.24, 2.45) is 11.7 Å². The van der Waals surface area contributed by atoms with Crippen molar-refractivity contribution in [2.75, 3.05) is 5.73 Å². The van der Waals surface area contributed by atoms with E-state index in [0.717, 1.165) is 23.2 Å². The van der Waals surface area contributed by atoms with Gasteiger partial charge in [-0.2, -0.15) is 5.10 Å². The van der Waals surface area contributed by atoms with Crippen molar-refractivity contribution in [3.63, 3.8) is 0 Å². The van der Waals surface area contributed by atoms with Gasteiger partial charge in [-0.05, 0) is 31.7 Å². The van der Waals surface area contributed by atoms with Crippen LogP contribution < -0.4 is 11.5 Å². The number of Topliss-reactive ketones (excluding diaryl/α,β-unsaturated/α-hetero) is 1. The lowest BCUT2D eigenvalue weighted by molar-refractivity contribution is -0.118. The van der Waals surface area contributed by atoms with Gasteiger partial charge < -0.3 is 16.0 Å². The Morgan fingerprint density at radius 3 is 2.50 bits per heavy atom. The van der Waals surface area contributed by atoms with Gasteiger partial charge in [-0.1, -0.05) is 48.7 Å². The molecule has 0 unspecified atom stereocenters. The Bertz CT molecular complexity index is 1120. The number of aromatic nitrogens is 3. The molecule has 0 saturated heterocycles. The van der Waals surface area contributed by atoms with Gasteiger partial charge in [0.1, 0.15) is 28.6 Å². The Kier molecular flexibility index (Phi) is 6.12. The highest BCUT2D eigenvalue weighted by atomic mass is 16.5. The second-order valence-corrected chi connectivity index (χ2v) is 8.89. The number of primary amides is 1. The molecule has 1 aliphatic carbocycles. The minimum absolute atomic E-state index is 0.0101. The predicted molar refractivity (Wildman–Crippen MR) is 121 cm³/mol. The first-order valence-corrected chi connectivity index (χ1v) is 11.0. The molecule has 2 aromatic heterocycles. The van der Waals surface area contributed by atoms with Gasteiger partial charge in [-0.15, -0.1) is 0 Å². The lowest BCUT2D eigenvalue weighted by Gasteiger charge is -2.23. The van der Waals surface area contributed by atoms with Crippen LogP contribution in [0.1, 0.15) is 66.5 Å². The molecule has 1 fully saturated rings. The number of amides is 1. The van der Waals surface area contributed by atoms with Gasteiger partial charge in [0.25, 0.3) is 5.91 Å². The highest BCUT2D eigenvalue weighted by Crippen LogP contribution is 2.30. The van der Waals surface area contributed by atoms with E-state index in [1.165, 1.54) is 19.3 Å². The van der Waals surface area contributed by atoms with Crippen molar-refractivity contribution in [1.82, 2.24) is 14.9 Å². The van der Waals surface area contributed by atoms with Gasteiger partial charge in [0.15, 0.2) is 0 Å². The molecule has 4 rings (SSSR count). The van der Waals surface area contributed by atoms with Gasteiger partial charge in [0.05, 0.1) is 12.1 Å². The largest absolute Gasteiger partial charge is 0.383 e.